The molecule has 18 heavy (non-hydrogen) atoms. The maximum Gasteiger partial charge on any atom is 0.240 e. The molecule has 96 valence electrons. The Hall–Kier alpha value is -1.18. The average molecular weight is 330 g/mol. The third-order valence-electron chi connectivity index (χ3n) is 2.37. The van der Waals surface area contributed by atoms with E-state index in [1.54, 1.807) is 36.8 Å². The molecule has 0 bridgehead atoms. The number of benzene rings is 1. The summed E-state index contributed by atoms with van der Waals surface area (Å²) in [5.74, 6) is 0. The number of aromatic nitrogens is 2. The first-order chi connectivity index (χ1) is 8.58. The largest absolute Gasteiger partial charge is 0.348 e. The lowest BCUT2D eigenvalue weighted by molar-refractivity contribution is 0.581. The summed E-state index contributed by atoms with van der Waals surface area (Å²) < 4.78 is 27.2. The molecule has 0 aliphatic carbocycles. The number of nitrogens with zero attached hydrogens (tertiary/aromatic N) is 1. The highest BCUT2D eigenvalue weighted by Crippen LogP contribution is 2.14. The lowest BCUT2D eigenvalue weighted by Gasteiger charge is -2.06. The quantitative estimate of drug-likeness (QED) is 0.876. The predicted molar refractivity (Wildman–Crippen MR) is 71.6 cm³/mol. The second-order valence-electron chi connectivity index (χ2n) is 3.68. The lowest BCUT2D eigenvalue weighted by atomic mass is 10.3. The molecule has 0 aliphatic heterocycles. The van der Waals surface area contributed by atoms with Crippen LogP contribution in [0, 0.1) is 0 Å². The standard InChI is InChI=1S/C11H12BrN3O2S/c12-9-1-3-11(4-2-9)18(16,17)15-6-5-10-7-13-8-14-10/h1-4,7-8,15H,5-6H2,(H,13,14). The van der Waals surface area contributed by atoms with Gasteiger partial charge in [-0.2, -0.15) is 0 Å². The van der Waals surface area contributed by atoms with E-state index in [0.717, 1.165) is 10.2 Å². The minimum atomic E-state index is -3.44. The van der Waals surface area contributed by atoms with E-state index in [4.69, 9.17) is 0 Å². The number of hydrogen-bond acceptors (Lipinski definition) is 3. The average Bonchev–Trinajstić information content (AvgIpc) is 2.82. The van der Waals surface area contributed by atoms with Crippen LogP contribution in [-0.4, -0.2) is 24.9 Å². The van der Waals surface area contributed by atoms with Crippen LogP contribution in [0.2, 0.25) is 0 Å². The number of H-pyrrole nitrogens is 1. The second kappa shape index (κ2) is 5.64. The number of halogens is 1. The fraction of sp³-hybridized carbons (Fsp3) is 0.182. The topological polar surface area (TPSA) is 74.8 Å². The second-order valence-corrected chi connectivity index (χ2v) is 6.36. The Morgan fingerprint density at radius 3 is 2.61 bits per heavy atom. The summed E-state index contributed by atoms with van der Waals surface area (Å²) in [6, 6.07) is 6.51. The van der Waals surface area contributed by atoms with E-state index in [2.05, 4.69) is 30.6 Å². The fourth-order valence-corrected chi connectivity index (χ4v) is 2.73. The zero-order chi connectivity index (χ0) is 13.0. The summed E-state index contributed by atoms with van der Waals surface area (Å²) in [4.78, 5) is 7.05. The minimum Gasteiger partial charge on any atom is -0.348 e. The highest BCUT2D eigenvalue weighted by atomic mass is 79.9. The fourth-order valence-electron chi connectivity index (χ4n) is 1.44. The third-order valence-corrected chi connectivity index (χ3v) is 4.37. The molecular weight excluding hydrogens is 318 g/mol. The van der Waals surface area contributed by atoms with Crippen LogP contribution in [0.15, 0.2) is 46.2 Å². The minimum absolute atomic E-state index is 0.260. The molecule has 2 aromatic rings. The van der Waals surface area contributed by atoms with Crippen LogP contribution >= 0.6 is 15.9 Å². The number of hydrogen-bond donors (Lipinski definition) is 2. The Labute approximate surface area is 114 Å². The van der Waals surface area contributed by atoms with Crippen LogP contribution in [0.25, 0.3) is 0 Å². The Bertz CT molecular complexity index is 594. The number of imidazole rings is 1. The smallest absolute Gasteiger partial charge is 0.240 e. The van der Waals surface area contributed by atoms with Crippen molar-refractivity contribution < 1.29 is 8.42 Å². The van der Waals surface area contributed by atoms with Crippen molar-refractivity contribution in [2.45, 2.75) is 11.3 Å². The van der Waals surface area contributed by atoms with Gasteiger partial charge in [0, 0.05) is 29.3 Å². The summed E-state index contributed by atoms with van der Waals surface area (Å²) >= 11 is 3.26. The van der Waals surface area contributed by atoms with Crippen LogP contribution in [0.4, 0.5) is 0 Å². The number of aromatic amines is 1. The van der Waals surface area contributed by atoms with Crippen molar-refractivity contribution in [2.75, 3.05) is 6.54 Å². The van der Waals surface area contributed by atoms with Crippen LogP contribution in [0.3, 0.4) is 0 Å². The van der Waals surface area contributed by atoms with Crippen LogP contribution < -0.4 is 4.72 Å². The molecule has 0 unspecified atom stereocenters. The molecule has 0 spiro atoms. The van der Waals surface area contributed by atoms with Gasteiger partial charge in [0.1, 0.15) is 0 Å². The molecule has 0 radical (unpaired) electrons. The Balaban J connectivity index is 1.97. The molecule has 1 heterocycles. The summed E-state index contributed by atoms with van der Waals surface area (Å²) in [6.45, 7) is 0.334. The van der Waals surface area contributed by atoms with Gasteiger partial charge in [-0.1, -0.05) is 15.9 Å². The van der Waals surface area contributed by atoms with Gasteiger partial charge in [-0.05, 0) is 24.3 Å². The van der Waals surface area contributed by atoms with Crippen molar-refractivity contribution in [1.29, 1.82) is 0 Å². The molecule has 5 nitrogen and oxygen atoms in total. The zero-order valence-electron chi connectivity index (χ0n) is 9.43. The first kappa shape index (κ1) is 13.3. The van der Waals surface area contributed by atoms with Crippen LogP contribution in [-0.2, 0) is 16.4 Å². The van der Waals surface area contributed by atoms with Gasteiger partial charge in [0.05, 0.1) is 11.2 Å². The van der Waals surface area contributed by atoms with E-state index >= 15 is 0 Å². The monoisotopic (exact) mass is 329 g/mol. The molecule has 0 atom stereocenters. The lowest BCUT2D eigenvalue weighted by Crippen LogP contribution is -2.26. The van der Waals surface area contributed by atoms with Gasteiger partial charge in [0.15, 0.2) is 0 Å². The Morgan fingerprint density at radius 2 is 2.00 bits per heavy atom. The number of sulfonamides is 1. The molecule has 0 aliphatic rings. The summed E-state index contributed by atoms with van der Waals surface area (Å²) in [7, 11) is -3.44. The van der Waals surface area contributed by atoms with Gasteiger partial charge < -0.3 is 4.98 Å². The van der Waals surface area contributed by atoms with Crippen molar-refractivity contribution in [1.82, 2.24) is 14.7 Å². The van der Waals surface area contributed by atoms with Crippen LogP contribution in [0.5, 0.6) is 0 Å². The molecule has 2 N–H and O–H groups in total. The van der Waals surface area contributed by atoms with Gasteiger partial charge in [-0.3, -0.25) is 0 Å². The number of rotatable bonds is 5. The molecule has 2 rings (SSSR count). The van der Waals surface area contributed by atoms with Gasteiger partial charge >= 0.3 is 0 Å². The first-order valence-electron chi connectivity index (χ1n) is 5.30. The number of nitrogens with one attached hydrogen (secondary N) is 2. The van der Waals surface area contributed by atoms with E-state index in [0.29, 0.717) is 13.0 Å². The van der Waals surface area contributed by atoms with Crippen molar-refractivity contribution in [3.8, 4) is 0 Å². The Kier molecular flexibility index (Phi) is 4.15. The van der Waals surface area contributed by atoms with E-state index in [9.17, 15) is 8.42 Å². The normalized spacial score (nSPS) is 11.6. The summed E-state index contributed by atoms with van der Waals surface area (Å²) in [5, 5.41) is 0. The molecule has 1 aromatic heterocycles. The molecule has 0 fully saturated rings. The maximum atomic E-state index is 11.9. The first-order valence-corrected chi connectivity index (χ1v) is 7.58. The Morgan fingerprint density at radius 1 is 1.28 bits per heavy atom. The summed E-state index contributed by atoms with van der Waals surface area (Å²) in [6.07, 6.45) is 3.82. The van der Waals surface area contributed by atoms with Crippen molar-refractivity contribution in [3.63, 3.8) is 0 Å². The maximum absolute atomic E-state index is 11.9. The zero-order valence-corrected chi connectivity index (χ0v) is 11.8. The molecule has 0 saturated carbocycles. The SMILES string of the molecule is O=S(=O)(NCCc1cnc[nH]1)c1ccc(Br)cc1. The third kappa shape index (κ3) is 3.41. The van der Waals surface area contributed by atoms with Crippen LogP contribution in [0.1, 0.15) is 5.69 Å². The van der Waals surface area contributed by atoms with Gasteiger partial charge in [-0.15, -0.1) is 0 Å². The van der Waals surface area contributed by atoms with E-state index in [1.165, 1.54) is 0 Å². The van der Waals surface area contributed by atoms with Gasteiger partial charge in [0.25, 0.3) is 0 Å². The predicted octanol–water partition coefficient (Wildman–Crippen LogP) is 1.69. The van der Waals surface area contributed by atoms with E-state index in [1.807, 2.05) is 0 Å². The molecule has 0 amide bonds. The van der Waals surface area contributed by atoms with Crippen molar-refractivity contribution in [3.05, 3.63) is 47.0 Å². The molecule has 0 saturated heterocycles. The highest BCUT2D eigenvalue weighted by molar-refractivity contribution is 9.10. The summed E-state index contributed by atoms with van der Waals surface area (Å²) in [5.41, 5.74) is 0.897. The van der Waals surface area contributed by atoms with Crippen molar-refractivity contribution >= 4 is 26.0 Å². The van der Waals surface area contributed by atoms with E-state index < -0.39 is 10.0 Å². The van der Waals surface area contributed by atoms with E-state index in [-0.39, 0.29) is 4.90 Å². The molecule has 1 aromatic carbocycles. The molecular formula is C11H12BrN3O2S. The molecule has 7 heteroatoms. The highest BCUT2D eigenvalue weighted by Gasteiger charge is 2.12. The van der Waals surface area contributed by atoms with Gasteiger partial charge in [0.2, 0.25) is 10.0 Å². The van der Waals surface area contributed by atoms with Crippen molar-refractivity contribution in [2.24, 2.45) is 0 Å². The van der Waals surface area contributed by atoms with Gasteiger partial charge in [-0.25, -0.2) is 18.1 Å².